The van der Waals surface area contributed by atoms with Crippen molar-refractivity contribution in [3.05, 3.63) is 86.2 Å². The molecule has 0 aliphatic heterocycles. The summed E-state index contributed by atoms with van der Waals surface area (Å²) in [7, 11) is -0.632. The van der Waals surface area contributed by atoms with Crippen molar-refractivity contribution >= 4 is 20.1 Å². The molecule has 2 aromatic rings. The molecule has 4 aliphatic carbocycles. The molecule has 0 spiro atoms. The van der Waals surface area contributed by atoms with Crippen molar-refractivity contribution in [1.29, 1.82) is 0 Å². The van der Waals surface area contributed by atoms with Gasteiger partial charge < -0.3 is 0 Å². The van der Waals surface area contributed by atoms with Crippen LogP contribution in [-0.4, -0.2) is 8.41 Å². The summed E-state index contributed by atoms with van der Waals surface area (Å²) in [5.74, 6) is 0. The van der Waals surface area contributed by atoms with Gasteiger partial charge in [0.1, 0.15) is 0 Å². The van der Waals surface area contributed by atoms with Gasteiger partial charge in [-0.1, -0.05) is 106 Å². The van der Waals surface area contributed by atoms with E-state index in [-0.39, 0.29) is 0 Å². The van der Waals surface area contributed by atoms with Crippen molar-refractivity contribution in [2.24, 2.45) is 0 Å². The molecule has 0 atom stereocenters. The first-order valence-electron chi connectivity index (χ1n) is 13.7. The second-order valence-corrected chi connectivity index (χ2v) is 13.9. The molecule has 33 heavy (non-hydrogen) atoms. The zero-order valence-electron chi connectivity index (χ0n) is 20.1. The summed E-state index contributed by atoms with van der Waals surface area (Å²) in [5.41, 5.74) is 6.70. The van der Waals surface area contributed by atoms with Crippen LogP contribution < -0.4 is 5.22 Å². The summed E-state index contributed by atoms with van der Waals surface area (Å²) in [6.45, 7) is 0. The Morgan fingerprint density at radius 1 is 0.667 bits per heavy atom. The minimum atomic E-state index is -0.632. The third-order valence-corrected chi connectivity index (χ3v) is 12.7. The predicted molar refractivity (Wildman–Crippen MR) is 143 cm³/mol. The first kappa shape index (κ1) is 21.5. The Bertz CT molecular complexity index is 1270. The van der Waals surface area contributed by atoms with Gasteiger partial charge in [0.25, 0.3) is 0 Å². The van der Waals surface area contributed by atoms with Crippen LogP contribution in [0.2, 0.25) is 11.1 Å². The number of fused-ring (bicyclic) bond motifs is 2. The van der Waals surface area contributed by atoms with Gasteiger partial charge in [-0.2, -0.15) is 0 Å². The Balaban J connectivity index is 1.65. The molecule has 0 amide bonds. The van der Waals surface area contributed by atoms with Crippen LogP contribution >= 0.6 is 0 Å². The highest BCUT2D eigenvalue weighted by Gasteiger charge is 2.28. The lowest BCUT2D eigenvalue weighted by Gasteiger charge is -2.27. The molecule has 1 heteroatoms. The molecule has 0 unspecified atom stereocenters. The first-order chi connectivity index (χ1) is 16.4. The van der Waals surface area contributed by atoms with Gasteiger partial charge in [-0.15, -0.1) is 0 Å². The lowest BCUT2D eigenvalue weighted by atomic mass is 9.98. The number of benzene rings is 2. The number of hydrogen-bond donors (Lipinski definition) is 0. The third-order valence-electron chi connectivity index (χ3n) is 8.79. The minimum Gasteiger partial charge on any atom is -0.0801 e. The van der Waals surface area contributed by atoms with Crippen LogP contribution in [0.5, 0.6) is 0 Å². The normalized spacial score (nSPS) is 21.0. The fraction of sp³-hybridized carbons (Fsp3) is 0.469. The van der Waals surface area contributed by atoms with Crippen LogP contribution in [0.4, 0.5) is 0 Å². The van der Waals surface area contributed by atoms with Gasteiger partial charge in [-0.25, -0.2) is 0 Å². The predicted octanol–water partition coefficient (Wildman–Crippen LogP) is 8.24. The van der Waals surface area contributed by atoms with Gasteiger partial charge in [-0.3, -0.25) is 0 Å². The molecule has 2 fully saturated rings. The summed E-state index contributed by atoms with van der Waals surface area (Å²) in [6, 6.07) is 14.2. The van der Waals surface area contributed by atoms with E-state index in [1.807, 2.05) is 0 Å². The van der Waals surface area contributed by atoms with Gasteiger partial charge in [0.2, 0.25) is 0 Å². The highest BCUT2D eigenvalue weighted by Crippen LogP contribution is 2.40. The van der Waals surface area contributed by atoms with E-state index in [1.54, 1.807) is 16.0 Å². The quantitative estimate of drug-likeness (QED) is 0.278. The Morgan fingerprint density at radius 3 is 1.97 bits per heavy atom. The van der Waals surface area contributed by atoms with Crippen LogP contribution in [0.1, 0.15) is 94.6 Å². The van der Waals surface area contributed by atoms with Gasteiger partial charge in [-0.05, 0) is 86.4 Å². The molecular weight excluding hydrogens is 412 g/mol. The maximum Gasteiger partial charge on any atom is 0.0267 e. The molecule has 0 bridgehead atoms. The summed E-state index contributed by atoms with van der Waals surface area (Å²) < 4.78 is 0. The summed E-state index contributed by atoms with van der Waals surface area (Å²) in [4.78, 5) is 1.80. The highest BCUT2D eigenvalue weighted by atomic mass is 28.2. The molecule has 0 N–H and O–H groups in total. The topological polar surface area (TPSA) is 0 Å². The second kappa shape index (κ2) is 9.70. The van der Waals surface area contributed by atoms with E-state index in [9.17, 15) is 0 Å². The lowest BCUT2D eigenvalue weighted by Crippen LogP contribution is -2.21. The lowest BCUT2D eigenvalue weighted by molar-refractivity contribution is 0.634. The fourth-order valence-corrected chi connectivity index (χ4v) is 11.7. The van der Waals surface area contributed by atoms with Gasteiger partial charge >= 0.3 is 0 Å². The van der Waals surface area contributed by atoms with Crippen molar-refractivity contribution in [3.8, 4) is 0 Å². The summed E-state index contributed by atoms with van der Waals surface area (Å²) in [6.07, 6.45) is 28.4. The fourth-order valence-electron chi connectivity index (χ4n) is 7.20. The van der Waals surface area contributed by atoms with Gasteiger partial charge in [0, 0.05) is 8.41 Å². The van der Waals surface area contributed by atoms with Crippen LogP contribution in [-0.2, 0) is 0 Å². The highest BCUT2D eigenvalue weighted by molar-refractivity contribution is 6.54. The zero-order chi connectivity index (χ0) is 22.0. The Hall–Kier alpha value is -1.99. The SMILES string of the molecule is C1=CCC(c2c3c(ccc2=[Si](C2CCCCCC2)C2CCCCCC2)=c2ccccc2=C3)=C1. The van der Waals surface area contributed by atoms with Crippen molar-refractivity contribution < 1.29 is 0 Å². The second-order valence-electron chi connectivity index (χ2n) is 10.8. The Kier molecular flexibility index (Phi) is 6.33. The molecule has 2 saturated carbocycles. The Labute approximate surface area is 200 Å². The summed E-state index contributed by atoms with van der Waals surface area (Å²) in [5, 5.41) is 4.32. The number of allylic oxidation sites excluding steroid dienone is 4. The molecule has 2 aromatic carbocycles. The smallest absolute Gasteiger partial charge is 0.0267 e. The molecule has 6 rings (SSSR count). The maximum absolute atomic E-state index is 2.63. The van der Waals surface area contributed by atoms with E-state index < -0.39 is 8.41 Å². The molecule has 0 radical (unpaired) electrons. The van der Waals surface area contributed by atoms with Crippen LogP contribution in [0.15, 0.2) is 54.6 Å². The zero-order valence-corrected chi connectivity index (χ0v) is 21.1. The monoisotopic (exact) mass is 450 g/mol. The van der Waals surface area contributed by atoms with Crippen LogP contribution in [0.3, 0.4) is 0 Å². The number of hydrogen-bond acceptors (Lipinski definition) is 0. The molecule has 0 heterocycles. The van der Waals surface area contributed by atoms with E-state index in [0.29, 0.717) is 0 Å². The Morgan fingerprint density at radius 2 is 1.33 bits per heavy atom. The van der Waals surface area contributed by atoms with Crippen molar-refractivity contribution in [2.75, 3.05) is 0 Å². The molecule has 4 aliphatic rings. The third kappa shape index (κ3) is 4.18. The average molecular weight is 451 g/mol. The molecule has 0 nitrogen and oxygen atoms in total. The van der Waals surface area contributed by atoms with Crippen molar-refractivity contribution in [1.82, 2.24) is 0 Å². The summed E-state index contributed by atoms with van der Waals surface area (Å²) >= 11 is 0. The minimum absolute atomic E-state index is 0.632. The van der Waals surface area contributed by atoms with Crippen molar-refractivity contribution in [2.45, 2.75) is 94.6 Å². The van der Waals surface area contributed by atoms with E-state index in [1.165, 1.54) is 98.3 Å². The molecular formula is C32H38Si. The van der Waals surface area contributed by atoms with Crippen LogP contribution in [0, 0.1) is 15.3 Å². The van der Waals surface area contributed by atoms with Gasteiger partial charge in [0.15, 0.2) is 0 Å². The van der Waals surface area contributed by atoms with Crippen molar-refractivity contribution in [3.63, 3.8) is 0 Å². The van der Waals surface area contributed by atoms with Crippen LogP contribution in [0.25, 0.3) is 11.6 Å². The molecule has 170 valence electrons. The van der Waals surface area contributed by atoms with E-state index in [2.05, 4.69) is 60.7 Å². The molecule has 0 aromatic heterocycles. The molecule has 0 saturated heterocycles. The average Bonchev–Trinajstić information content (AvgIpc) is 3.31. The largest absolute Gasteiger partial charge is 0.0801 e. The van der Waals surface area contributed by atoms with Gasteiger partial charge in [0.05, 0.1) is 0 Å². The standard InChI is InChI=1S/C32H38Si/c1-2-6-17-26(16-5-1)33(27-18-7-3-4-8-19-27)31-22-21-29-28-20-12-11-15-25(28)23-30(29)32(31)24-13-9-10-14-24/h9-13,15,20-23,26-27H,1-8,14,16-19H2. The maximum atomic E-state index is 2.63. The van der Waals surface area contributed by atoms with E-state index >= 15 is 0 Å². The number of rotatable bonds is 3. The van der Waals surface area contributed by atoms with E-state index in [0.717, 1.165) is 17.5 Å². The first-order valence-corrected chi connectivity index (χ1v) is 15.4. The van der Waals surface area contributed by atoms with E-state index in [4.69, 9.17) is 0 Å².